The van der Waals surface area contributed by atoms with Gasteiger partial charge in [0.2, 0.25) is 5.91 Å². The normalized spacial score (nSPS) is 16.1. The molecule has 0 aromatic heterocycles. The Morgan fingerprint density at radius 1 is 1.34 bits per heavy atom. The summed E-state index contributed by atoms with van der Waals surface area (Å²) in [5.74, 6) is 4.50. The number of halogens is 1. The molecule has 32 heavy (non-hydrogen) atoms. The number of cyclic esters (lactones) is 1. The number of hydrogen-bond donors (Lipinski definition) is 4. The third kappa shape index (κ3) is 5.67. The predicted molar refractivity (Wildman–Crippen MR) is 120 cm³/mol. The number of hydrogen-bond acceptors (Lipinski definition) is 7. The Labute approximate surface area is 184 Å². The van der Waals surface area contributed by atoms with Crippen molar-refractivity contribution in [1.29, 1.82) is 5.41 Å². The molecule has 1 aliphatic rings. The average Bonchev–Trinajstić information content (AvgIpc) is 3.16. The van der Waals surface area contributed by atoms with Gasteiger partial charge < -0.3 is 26.6 Å². The van der Waals surface area contributed by atoms with Gasteiger partial charge in [0, 0.05) is 31.8 Å². The van der Waals surface area contributed by atoms with Crippen molar-refractivity contribution in [3.05, 3.63) is 53.8 Å². The molecular weight excluding hydrogens is 415 g/mol. The first kappa shape index (κ1) is 22.9. The van der Waals surface area contributed by atoms with Crippen molar-refractivity contribution in [2.75, 3.05) is 24.5 Å². The fourth-order valence-electron chi connectivity index (χ4n) is 3.27. The number of hydrazone groups is 1. The van der Waals surface area contributed by atoms with Crippen molar-refractivity contribution in [3.63, 3.8) is 0 Å². The van der Waals surface area contributed by atoms with Crippen LogP contribution >= 0.6 is 0 Å². The quantitative estimate of drug-likeness (QED) is 0.269. The van der Waals surface area contributed by atoms with E-state index in [9.17, 15) is 14.0 Å². The molecule has 2 amide bonds. The van der Waals surface area contributed by atoms with Gasteiger partial charge in [-0.3, -0.25) is 9.69 Å². The summed E-state index contributed by atoms with van der Waals surface area (Å²) in [5.41, 5.74) is 2.93. The highest BCUT2D eigenvalue weighted by Crippen LogP contribution is 2.29. The number of rotatable bonds is 9. The summed E-state index contributed by atoms with van der Waals surface area (Å²) < 4.78 is 20.1. The molecule has 10 heteroatoms. The number of carbonyl (C=O) groups excluding carboxylic acids is 2. The summed E-state index contributed by atoms with van der Waals surface area (Å²) >= 11 is 0. The standard InChI is InChI=1S/C22H25FN6O3/c1-14(30)27-12-19-13-29(22(31)32-19)18-6-7-20(21(23)8-18)16-4-2-15(3-5-16)10-26-11-17(9-24)28-25/h2-9,19,24,26H,10-13,25H2,1H3,(H,27,30)/t19-/m0/s1. The minimum Gasteiger partial charge on any atom is -0.442 e. The molecule has 168 valence electrons. The Balaban J connectivity index is 1.64. The Hall–Kier alpha value is -3.79. The van der Waals surface area contributed by atoms with Gasteiger partial charge in [-0.1, -0.05) is 24.3 Å². The second-order valence-corrected chi connectivity index (χ2v) is 7.28. The molecule has 1 saturated heterocycles. The maximum atomic E-state index is 14.8. The van der Waals surface area contributed by atoms with Crippen LogP contribution in [-0.2, 0) is 16.1 Å². The average molecular weight is 440 g/mol. The number of nitrogens with zero attached hydrogens (tertiary/aromatic N) is 2. The SMILES string of the molecule is CC(=O)NC[C@H]1CN(c2ccc(-c3ccc(CNCC(C=N)=NN)cc3)c(F)c2)C(=O)O1. The van der Waals surface area contributed by atoms with Gasteiger partial charge in [0.1, 0.15) is 11.9 Å². The Kier molecular flexibility index (Phi) is 7.50. The Bertz CT molecular complexity index is 1020. The number of ether oxygens (including phenoxy) is 1. The van der Waals surface area contributed by atoms with Gasteiger partial charge in [0.15, 0.2) is 0 Å². The molecule has 3 rings (SSSR count). The molecule has 2 aromatic carbocycles. The zero-order valence-corrected chi connectivity index (χ0v) is 17.6. The van der Waals surface area contributed by atoms with E-state index in [0.717, 1.165) is 11.8 Å². The second kappa shape index (κ2) is 10.5. The van der Waals surface area contributed by atoms with Crippen LogP contribution in [0.1, 0.15) is 12.5 Å². The van der Waals surface area contributed by atoms with Crippen LogP contribution in [0.25, 0.3) is 11.1 Å². The van der Waals surface area contributed by atoms with Crippen molar-refractivity contribution in [2.24, 2.45) is 10.9 Å². The summed E-state index contributed by atoms with van der Waals surface area (Å²) in [4.78, 5) is 24.5. The first-order valence-electron chi connectivity index (χ1n) is 10.0. The molecular formula is C22H25FN6O3. The van der Waals surface area contributed by atoms with E-state index in [2.05, 4.69) is 15.7 Å². The molecule has 1 aliphatic heterocycles. The molecule has 9 nitrogen and oxygen atoms in total. The van der Waals surface area contributed by atoms with Crippen LogP contribution in [-0.4, -0.2) is 49.7 Å². The Morgan fingerprint density at radius 3 is 2.72 bits per heavy atom. The molecule has 0 spiro atoms. The summed E-state index contributed by atoms with van der Waals surface area (Å²) in [5, 5.41) is 16.4. The molecule has 0 bridgehead atoms. The van der Waals surface area contributed by atoms with E-state index < -0.39 is 18.0 Å². The minimum absolute atomic E-state index is 0.209. The molecule has 2 aromatic rings. The van der Waals surface area contributed by atoms with Crippen LogP contribution in [0.3, 0.4) is 0 Å². The highest BCUT2D eigenvalue weighted by Gasteiger charge is 2.32. The molecule has 0 aliphatic carbocycles. The van der Waals surface area contributed by atoms with E-state index in [4.69, 9.17) is 16.0 Å². The van der Waals surface area contributed by atoms with E-state index in [1.54, 1.807) is 12.1 Å². The highest BCUT2D eigenvalue weighted by atomic mass is 19.1. The third-order valence-corrected chi connectivity index (χ3v) is 4.95. The lowest BCUT2D eigenvalue weighted by Crippen LogP contribution is -2.33. The van der Waals surface area contributed by atoms with E-state index in [0.29, 0.717) is 35.6 Å². The van der Waals surface area contributed by atoms with Gasteiger partial charge in [-0.15, -0.1) is 0 Å². The zero-order valence-electron chi connectivity index (χ0n) is 17.6. The maximum Gasteiger partial charge on any atom is 0.414 e. The van der Waals surface area contributed by atoms with Gasteiger partial charge in [-0.25, -0.2) is 9.18 Å². The minimum atomic E-state index is -0.574. The van der Waals surface area contributed by atoms with Gasteiger partial charge in [-0.2, -0.15) is 5.10 Å². The summed E-state index contributed by atoms with van der Waals surface area (Å²) in [7, 11) is 0. The lowest BCUT2D eigenvalue weighted by atomic mass is 10.0. The third-order valence-electron chi connectivity index (χ3n) is 4.95. The van der Waals surface area contributed by atoms with Crippen LogP contribution in [0.4, 0.5) is 14.9 Å². The highest BCUT2D eigenvalue weighted by molar-refractivity contribution is 6.30. The van der Waals surface area contributed by atoms with E-state index in [1.807, 2.05) is 24.3 Å². The van der Waals surface area contributed by atoms with Crippen molar-refractivity contribution in [3.8, 4) is 11.1 Å². The first-order chi connectivity index (χ1) is 15.4. The van der Waals surface area contributed by atoms with Gasteiger partial charge in [0.05, 0.1) is 24.5 Å². The number of anilines is 1. The largest absolute Gasteiger partial charge is 0.442 e. The maximum absolute atomic E-state index is 14.8. The van der Waals surface area contributed by atoms with E-state index in [1.165, 1.54) is 17.9 Å². The Morgan fingerprint density at radius 2 is 2.09 bits per heavy atom. The van der Waals surface area contributed by atoms with Crippen molar-refractivity contribution in [1.82, 2.24) is 10.6 Å². The number of amides is 2. The fraction of sp³-hybridized carbons (Fsp3) is 0.273. The topological polar surface area (TPSA) is 133 Å². The van der Waals surface area contributed by atoms with Gasteiger partial charge in [0.25, 0.3) is 0 Å². The molecule has 0 saturated carbocycles. The van der Waals surface area contributed by atoms with Crippen LogP contribution in [0, 0.1) is 11.2 Å². The van der Waals surface area contributed by atoms with Crippen molar-refractivity contribution < 1.29 is 18.7 Å². The van der Waals surface area contributed by atoms with E-state index in [-0.39, 0.29) is 19.0 Å². The predicted octanol–water partition coefficient (Wildman–Crippen LogP) is 2.01. The molecule has 1 atom stereocenters. The zero-order chi connectivity index (χ0) is 23.1. The number of nitrogens with one attached hydrogen (secondary N) is 3. The van der Waals surface area contributed by atoms with Crippen molar-refractivity contribution >= 4 is 29.6 Å². The number of carbonyl (C=O) groups is 2. The summed E-state index contributed by atoms with van der Waals surface area (Å²) in [6.07, 6.45) is 0.0322. The van der Waals surface area contributed by atoms with E-state index >= 15 is 0 Å². The molecule has 5 N–H and O–H groups in total. The van der Waals surface area contributed by atoms with Crippen LogP contribution in [0.15, 0.2) is 47.6 Å². The molecule has 1 fully saturated rings. The summed E-state index contributed by atoms with van der Waals surface area (Å²) in [6, 6.07) is 12.0. The smallest absolute Gasteiger partial charge is 0.414 e. The van der Waals surface area contributed by atoms with Crippen molar-refractivity contribution in [2.45, 2.75) is 19.6 Å². The first-order valence-corrected chi connectivity index (χ1v) is 10.0. The molecule has 1 heterocycles. The number of nitrogens with two attached hydrogens (primary N) is 1. The lowest BCUT2D eigenvalue weighted by molar-refractivity contribution is -0.119. The fourth-order valence-corrected chi connectivity index (χ4v) is 3.27. The molecule has 0 unspecified atom stereocenters. The van der Waals surface area contributed by atoms with Gasteiger partial charge >= 0.3 is 6.09 Å². The van der Waals surface area contributed by atoms with Crippen LogP contribution in [0.5, 0.6) is 0 Å². The second-order valence-electron chi connectivity index (χ2n) is 7.28. The lowest BCUT2D eigenvalue weighted by Gasteiger charge is -2.15. The summed E-state index contributed by atoms with van der Waals surface area (Å²) in [6.45, 7) is 2.75. The molecule has 0 radical (unpaired) electrons. The number of benzene rings is 2. The van der Waals surface area contributed by atoms with Crippen LogP contribution < -0.4 is 21.4 Å². The van der Waals surface area contributed by atoms with Gasteiger partial charge in [-0.05, 0) is 29.3 Å². The monoisotopic (exact) mass is 440 g/mol. The van der Waals surface area contributed by atoms with Crippen LogP contribution in [0.2, 0.25) is 0 Å².